The molecule has 3 aromatic rings. The highest BCUT2D eigenvalue weighted by atomic mass is 16.2. The van der Waals surface area contributed by atoms with Gasteiger partial charge in [-0.1, -0.05) is 60.7 Å². The van der Waals surface area contributed by atoms with E-state index in [0.29, 0.717) is 45.6 Å². The second-order valence-corrected chi connectivity index (χ2v) is 8.28. The summed E-state index contributed by atoms with van der Waals surface area (Å²) in [6.45, 7) is 2.83. The molecule has 0 aliphatic carbocycles. The molecule has 1 saturated heterocycles. The average Bonchev–Trinajstić information content (AvgIpc) is 3.22. The maximum atomic E-state index is 12.6. The lowest BCUT2D eigenvalue weighted by molar-refractivity contribution is -0.124. The number of aromatic nitrogens is 2. The van der Waals surface area contributed by atoms with E-state index >= 15 is 0 Å². The van der Waals surface area contributed by atoms with Crippen LogP contribution in [-0.2, 0) is 22.7 Å². The van der Waals surface area contributed by atoms with Crippen LogP contribution in [0, 0.1) is 5.92 Å². The van der Waals surface area contributed by atoms with Crippen molar-refractivity contribution in [2.75, 3.05) is 19.6 Å². The minimum absolute atomic E-state index is 0.0302. The highest BCUT2D eigenvalue weighted by Crippen LogP contribution is 2.22. The molecule has 166 valence electrons. The molecule has 0 unspecified atom stereocenters. The van der Waals surface area contributed by atoms with E-state index in [1.807, 2.05) is 59.4 Å². The Morgan fingerprint density at radius 2 is 1.66 bits per heavy atom. The van der Waals surface area contributed by atoms with Crippen molar-refractivity contribution >= 4 is 11.8 Å². The van der Waals surface area contributed by atoms with Crippen molar-refractivity contribution in [2.45, 2.75) is 25.9 Å². The van der Waals surface area contributed by atoms with Gasteiger partial charge in [0.05, 0.1) is 18.8 Å². The summed E-state index contributed by atoms with van der Waals surface area (Å²) in [6, 6.07) is 20.2. The number of benzene rings is 2. The summed E-state index contributed by atoms with van der Waals surface area (Å²) in [4.78, 5) is 26.0. The second kappa shape index (κ2) is 10.2. The van der Waals surface area contributed by atoms with Crippen LogP contribution in [0.4, 0.5) is 0 Å². The Morgan fingerprint density at radius 1 is 1.00 bits per heavy atom. The largest absolute Gasteiger partial charge is 0.369 e. The van der Waals surface area contributed by atoms with Crippen LogP contribution in [0.25, 0.3) is 11.3 Å². The first-order valence-electron chi connectivity index (χ1n) is 11.0. The van der Waals surface area contributed by atoms with Gasteiger partial charge in [-0.05, 0) is 31.5 Å². The molecule has 7 nitrogen and oxygen atoms in total. The molecule has 0 spiro atoms. The molecule has 0 bridgehead atoms. The molecule has 1 aromatic heterocycles. The van der Waals surface area contributed by atoms with E-state index in [9.17, 15) is 9.59 Å². The Labute approximate surface area is 188 Å². The fourth-order valence-electron chi connectivity index (χ4n) is 4.11. The first kappa shape index (κ1) is 21.8. The van der Waals surface area contributed by atoms with Gasteiger partial charge in [-0.2, -0.15) is 5.10 Å². The van der Waals surface area contributed by atoms with Gasteiger partial charge in [0, 0.05) is 29.8 Å². The van der Waals surface area contributed by atoms with Crippen molar-refractivity contribution in [1.82, 2.24) is 20.0 Å². The smallest absolute Gasteiger partial charge is 0.234 e. The normalized spacial score (nSPS) is 14.9. The number of carbonyl (C=O) groups excluding carboxylic acids is 2. The van der Waals surface area contributed by atoms with Crippen molar-refractivity contribution in [2.24, 2.45) is 11.7 Å². The van der Waals surface area contributed by atoms with Crippen molar-refractivity contribution in [1.29, 1.82) is 0 Å². The van der Waals surface area contributed by atoms with Gasteiger partial charge in [-0.15, -0.1) is 0 Å². The Morgan fingerprint density at radius 3 is 2.31 bits per heavy atom. The summed E-state index contributed by atoms with van der Waals surface area (Å²) in [6.07, 6.45) is 3.44. The molecular weight excluding hydrogens is 402 g/mol. The fraction of sp³-hybridized carbons (Fsp3) is 0.320. The minimum Gasteiger partial charge on any atom is -0.369 e. The van der Waals surface area contributed by atoms with Crippen LogP contribution in [0.5, 0.6) is 0 Å². The molecule has 4 rings (SSSR count). The lowest BCUT2D eigenvalue weighted by Gasteiger charge is -2.29. The van der Waals surface area contributed by atoms with E-state index in [1.54, 1.807) is 0 Å². The van der Waals surface area contributed by atoms with Crippen LogP contribution in [0.3, 0.4) is 0 Å². The summed E-state index contributed by atoms with van der Waals surface area (Å²) in [5, 5.41) is 7.85. The number of primary amides is 1. The maximum Gasteiger partial charge on any atom is 0.234 e. The zero-order valence-corrected chi connectivity index (χ0v) is 18.1. The highest BCUT2D eigenvalue weighted by molar-refractivity contribution is 5.79. The minimum atomic E-state index is -0.241. The molecule has 2 aromatic carbocycles. The van der Waals surface area contributed by atoms with Crippen molar-refractivity contribution in [3.63, 3.8) is 0 Å². The monoisotopic (exact) mass is 431 g/mol. The predicted octanol–water partition coefficient (Wildman–Crippen LogP) is 2.41. The number of amides is 2. The predicted molar refractivity (Wildman–Crippen MR) is 123 cm³/mol. The standard InChI is InChI=1S/C25H29N5O2/c26-25(32)21-11-13-29(14-12-21)18-23(31)27-15-22-17-30(16-19-7-3-1-4-8-19)28-24(22)20-9-5-2-6-10-20/h1-10,17,21H,11-16,18H2,(H2,26,32)(H,27,31). The Bertz CT molecular complexity index is 1040. The quantitative estimate of drug-likeness (QED) is 0.573. The molecule has 1 aliphatic rings. The molecule has 3 N–H and O–H groups in total. The Balaban J connectivity index is 1.40. The zero-order valence-electron chi connectivity index (χ0n) is 18.1. The molecule has 1 fully saturated rings. The van der Waals surface area contributed by atoms with E-state index in [4.69, 9.17) is 10.8 Å². The van der Waals surface area contributed by atoms with E-state index in [1.165, 1.54) is 5.56 Å². The molecule has 2 amide bonds. The molecule has 7 heteroatoms. The maximum absolute atomic E-state index is 12.6. The van der Waals surface area contributed by atoms with Gasteiger partial charge in [0.25, 0.3) is 0 Å². The molecule has 0 saturated carbocycles. The van der Waals surface area contributed by atoms with E-state index in [2.05, 4.69) is 22.3 Å². The number of likely N-dealkylation sites (tertiary alicyclic amines) is 1. The third-order valence-electron chi connectivity index (χ3n) is 5.91. The molecule has 0 atom stereocenters. The number of nitrogens with two attached hydrogens (primary N) is 1. The van der Waals surface area contributed by atoms with Crippen molar-refractivity contribution in [3.8, 4) is 11.3 Å². The first-order chi connectivity index (χ1) is 15.6. The molecular formula is C25H29N5O2. The number of hydrogen-bond donors (Lipinski definition) is 2. The molecule has 2 heterocycles. The number of carbonyl (C=O) groups is 2. The third-order valence-corrected chi connectivity index (χ3v) is 5.91. The third kappa shape index (κ3) is 5.62. The molecule has 32 heavy (non-hydrogen) atoms. The number of nitrogens with zero attached hydrogens (tertiary/aromatic N) is 3. The summed E-state index contributed by atoms with van der Waals surface area (Å²) < 4.78 is 1.92. The summed E-state index contributed by atoms with van der Waals surface area (Å²) in [5.74, 6) is -0.342. The van der Waals surface area contributed by atoms with Gasteiger partial charge in [0.1, 0.15) is 0 Å². The lowest BCUT2D eigenvalue weighted by atomic mass is 9.96. The van der Waals surface area contributed by atoms with Gasteiger partial charge in [0.15, 0.2) is 0 Å². The lowest BCUT2D eigenvalue weighted by Crippen LogP contribution is -2.43. The zero-order chi connectivity index (χ0) is 22.3. The van der Waals surface area contributed by atoms with Gasteiger partial charge < -0.3 is 11.1 Å². The van der Waals surface area contributed by atoms with Crippen molar-refractivity contribution in [3.05, 3.63) is 78.0 Å². The van der Waals surface area contributed by atoms with E-state index in [0.717, 1.165) is 16.8 Å². The van der Waals surface area contributed by atoms with Gasteiger partial charge in [0.2, 0.25) is 11.8 Å². The van der Waals surface area contributed by atoms with Gasteiger partial charge in [-0.3, -0.25) is 19.2 Å². The number of nitrogens with one attached hydrogen (secondary N) is 1. The van der Waals surface area contributed by atoms with E-state index in [-0.39, 0.29) is 17.7 Å². The van der Waals surface area contributed by atoms with Crippen LogP contribution < -0.4 is 11.1 Å². The van der Waals surface area contributed by atoms with E-state index < -0.39 is 0 Å². The fourth-order valence-corrected chi connectivity index (χ4v) is 4.11. The van der Waals surface area contributed by atoms with Gasteiger partial charge in [-0.25, -0.2) is 0 Å². The van der Waals surface area contributed by atoms with Crippen LogP contribution in [0.1, 0.15) is 24.0 Å². The van der Waals surface area contributed by atoms with Crippen LogP contribution >= 0.6 is 0 Å². The molecule has 1 aliphatic heterocycles. The second-order valence-electron chi connectivity index (χ2n) is 8.28. The summed E-state index contributed by atoms with van der Waals surface area (Å²) in [5.41, 5.74) is 9.45. The summed E-state index contributed by atoms with van der Waals surface area (Å²) in [7, 11) is 0. The SMILES string of the molecule is NC(=O)C1CCN(CC(=O)NCc2cn(Cc3ccccc3)nc2-c2ccccc2)CC1. The Kier molecular flexibility index (Phi) is 6.97. The van der Waals surface area contributed by atoms with Crippen molar-refractivity contribution < 1.29 is 9.59 Å². The van der Waals surface area contributed by atoms with Crippen LogP contribution in [-0.4, -0.2) is 46.1 Å². The summed E-state index contributed by atoms with van der Waals surface area (Å²) >= 11 is 0. The van der Waals surface area contributed by atoms with Gasteiger partial charge >= 0.3 is 0 Å². The average molecular weight is 432 g/mol. The highest BCUT2D eigenvalue weighted by Gasteiger charge is 2.24. The number of hydrogen-bond acceptors (Lipinski definition) is 4. The number of piperidine rings is 1. The number of rotatable bonds is 8. The van der Waals surface area contributed by atoms with Crippen LogP contribution in [0.15, 0.2) is 66.9 Å². The molecule has 0 radical (unpaired) electrons. The van der Waals surface area contributed by atoms with Crippen LogP contribution in [0.2, 0.25) is 0 Å². The Hall–Kier alpha value is -3.45. The first-order valence-corrected chi connectivity index (χ1v) is 11.0. The topological polar surface area (TPSA) is 93.3 Å².